The minimum Gasteiger partial charge on any atom is -0.444 e. The zero-order valence-electron chi connectivity index (χ0n) is 16.0. The number of anilines is 1. The third-order valence-electron chi connectivity index (χ3n) is 3.31. The SMILES string of the molecule is CCn1nc(C)n(-c2nc(NCCNC(=O)OC(C)(C)C)ncc2F)c1=O. The maximum Gasteiger partial charge on any atom is 0.407 e. The zero-order valence-corrected chi connectivity index (χ0v) is 16.0. The van der Waals surface area contributed by atoms with E-state index in [1.165, 1.54) is 4.68 Å². The molecule has 0 bridgehead atoms. The van der Waals surface area contributed by atoms with Gasteiger partial charge in [0.1, 0.15) is 11.4 Å². The van der Waals surface area contributed by atoms with Crippen molar-refractivity contribution in [1.29, 1.82) is 0 Å². The largest absolute Gasteiger partial charge is 0.444 e. The molecule has 10 nitrogen and oxygen atoms in total. The van der Waals surface area contributed by atoms with Crippen molar-refractivity contribution in [3.05, 3.63) is 28.3 Å². The van der Waals surface area contributed by atoms with Gasteiger partial charge in [-0.1, -0.05) is 0 Å². The van der Waals surface area contributed by atoms with E-state index in [2.05, 4.69) is 25.7 Å². The minimum atomic E-state index is -0.742. The first-order chi connectivity index (χ1) is 12.6. The Morgan fingerprint density at radius 2 is 2.04 bits per heavy atom. The number of aromatic nitrogens is 5. The fourth-order valence-electron chi connectivity index (χ4n) is 2.22. The predicted octanol–water partition coefficient (Wildman–Crippen LogP) is 1.23. The summed E-state index contributed by atoms with van der Waals surface area (Å²) in [6.45, 7) is 9.55. The topological polar surface area (TPSA) is 116 Å². The monoisotopic (exact) mass is 381 g/mol. The maximum atomic E-state index is 14.2. The van der Waals surface area contributed by atoms with Crippen molar-refractivity contribution in [2.45, 2.75) is 46.8 Å². The molecular weight excluding hydrogens is 357 g/mol. The van der Waals surface area contributed by atoms with Gasteiger partial charge in [0.2, 0.25) is 5.95 Å². The summed E-state index contributed by atoms with van der Waals surface area (Å²) >= 11 is 0. The Labute approximate surface area is 155 Å². The Morgan fingerprint density at radius 3 is 2.63 bits per heavy atom. The molecule has 1 amide bonds. The molecule has 0 unspecified atom stereocenters. The van der Waals surface area contributed by atoms with Gasteiger partial charge in [-0.05, 0) is 34.6 Å². The van der Waals surface area contributed by atoms with Crippen molar-refractivity contribution >= 4 is 12.0 Å². The Hall–Kier alpha value is -2.98. The highest BCUT2D eigenvalue weighted by Gasteiger charge is 2.18. The van der Waals surface area contributed by atoms with Gasteiger partial charge in [0.15, 0.2) is 11.6 Å². The van der Waals surface area contributed by atoms with Crippen LogP contribution in [0.5, 0.6) is 0 Å². The molecule has 2 N–H and O–H groups in total. The maximum absolute atomic E-state index is 14.2. The molecule has 0 atom stereocenters. The van der Waals surface area contributed by atoms with Gasteiger partial charge in [0, 0.05) is 19.6 Å². The van der Waals surface area contributed by atoms with Gasteiger partial charge in [0.25, 0.3) is 0 Å². The van der Waals surface area contributed by atoms with Gasteiger partial charge in [-0.15, -0.1) is 0 Å². The smallest absolute Gasteiger partial charge is 0.407 e. The zero-order chi connectivity index (χ0) is 20.2. The lowest BCUT2D eigenvalue weighted by molar-refractivity contribution is 0.0530. The van der Waals surface area contributed by atoms with Gasteiger partial charge in [0.05, 0.1) is 6.20 Å². The molecule has 27 heavy (non-hydrogen) atoms. The van der Waals surface area contributed by atoms with Crippen molar-refractivity contribution in [3.63, 3.8) is 0 Å². The third-order valence-corrected chi connectivity index (χ3v) is 3.31. The van der Waals surface area contributed by atoms with Crippen LogP contribution in [-0.4, -0.2) is 49.1 Å². The van der Waals surface area contributed by atoms with Crippen LogP contribution in [0.1, 0.15) is 33.5 Å². The van der Waals surface area contributed by atoms with Crippen LogP contribution in [-0.2, 0) is 11.3 Å². The van der Waals surface area contributed by atoms with E-state index < -0.39 is 23.2 Å². The summed E-state index contributed by atoms with van der Waals surface area (Å²) < 4.78 is 21.6. The average molecular weight is 381 g/mol. The van der Waals surface area contributed by atoms with E-state index >= 15 is 0 Å². The molecule has 2 aromatic rings. The van der Waals surface area contributed by atoms with Gasteiger partial charge >= 0.3 is 11.8 Å². The Morgan fingerprint density at radius 1 is 1.33 bits per heavy atom. The molecule has 0 radical (unpaired) electrons. The Balaban J connectivity index is 2.05. The van der Waals surface area contributed by atoms with Crippen LogP contribution in [0.15, 0.2) is 11.0 Å². The van der Waals surface area contributed by atoms with Crippen LogP contribution < -0.4 is 16.3 Å². The van der Waals surface area contributed by atoms with E-state index in [0.717, 1.165) is 10.8 Å². The van der Waals surface area contributed by atoms with E-state index in [1.807, 2.05) is 0 Å². The summed E-state index contributed by atoms with van der Waals surface area (Å²) in [6, 6.07) is 0. The first-order valence-corrected chi connectivity index (χ1v) is 8.52. The molecule has 148 valence electrons. The number of halogens is 1. The average Bonchev–Trinajstić information content (AvgIpc) is 2.85. The van der Waals surface area contributed by atoms with Crippen LogP contribution >= 0.6 is 0 Å². The van der Waals surface area contributed by atoms with E-state index in [-0.39, 0.29) is 24.9 Å². The standard InChI is InChI=1S/C16H24FN7O3/c1-6-23-15(26)24(10(2)22-23)12-11(17)9-20-13(21-12)18-7-8-19-14(25)27-16(3,4)5/h9H,6-8H2,1-5H3,(H,19,25)(H,18,20,21). The lowest BCUT2D eigenvalue weighted by Crippen LogP contribution is -2.35. The highest BCUT2D eigenvalue weighted by Crippen LogP contribution is 2.11. The first kappa shape index (κ1) is 20.3. The van der Waals surface area contributed by atoms with E-state index in [0.29, 0.717) is 12.4 Å². The summed E-state index contributed by atoms with van der Waals surface area (Å²) in [4.78, 5) is 31.8. The molecule has 11 heteroatoms. The highest BCUT2D eigenvalue weighted by molar-refractivity contribution is 5.67. The molecule has 0 aromatic carbocycles. The number of hydrogen-bond donors (Lipinski definition) is 2. The number of carbonyl (C=O) groups excluding carboxylic acids is 1. The number of ether oxygens (including phenoxy) is 1. The Kier molecular flexibility index (Phi) is 6.13. The molecule has 0 spiro atoms. The molecule has 0 saturated carbocycles. The van der Waals surface area contributed by atoms with Crippen molar-refractivity contribution < 1.29 is 13.9 Å². The second kappa shape index (κ2) is 8.14. The summed E-state index contributed by atoms with van der Waals surface area (Å²) in [5.74, 6) is -0.493. The number of rotatable bonds is 6. The highest BCUT2D eigenvalue weighted by atomic mass is 19.1. The number of hydrogen-bond acceptors (Lipinski definition) is 7. The first-order valence-electron chi connectivity index (χ1n) is 8.52. The number of nitrogens with zero attached hydrogens (tertiary/aromatic N) is 5. The summed E-state index contributed by atoms with van der Waals surface area (Å²) in [5, 5.41) is 9.49. The van der Waals surface area contributed by atoms with Gasteiger partial charge in [-0.25, -0.2) is 28.2 Å². The van der Waals surface area contributed by atoms with Gasteiger partial charge in [-0.3, -0.25) is 0 Å². The van der Waals surface area contributed by atoms with Gasteiger partial charge in [-0.2, -0.15) is 10.1 Å². The molecule has 2 heterocycles. The van der Waals surface area contributed by atoms with E-state index in [4.69, 9.17) is 4.74 Å². The predicted molar refractivity (Wildman–Crippen MR) is 96.5 cm³/mol. The number of amides is 1. The van der Waals surface area contributed by atoms with Crippen LogP contribution in [0.25, 0.3) is 5.82 Å². The van der Waals surface area contributed by atoms with Crippen LogP contribution in [0.2, 0.25) is 0 Å². The summed E-state index contributed by atoms with van der Waals surface area (Å²) in [7, 11) is 0. The third kappa shape index (κ3) is 5.25. The number of aryl methyl sites for hydroxylation is 2. The molecule has 2 aromatic heterocycles. The Bertz CT molecular complexity index is 870. The second-order valence-electron chi connectivity index (χ2n) is 6.70. The van der Waals surface area contributed by atoms with Gasteiger partial charge < -0.3 is 15.4 Å². The van der Waals surface area contributed by atoms with E-state index in [9.17, 15) is 14.0 Å². The quantitative estimate of drug-likeness (QED) is 0.723. The lowest BCUT2D eigenvalue weighted by Gasteiger charge is -2.19. The van der Waals surface area contributed by atoms with Crippen LogP contribution in [0.4, 0.5) is 15.1 Å². The molecule has 0 fully saturated rings. The van der Waals surface area contributed by atoms with Crippen molar-refractivity contribution in [2.75, 3.05) is 18.4 Å². The number of nitrogens with one attached hydrogen (secondary N) is 2. The number of carbonyl (C=O) groups is 1. The minimum absolute atomic E-state index is 0.118. The van der Waals surface area contributed by atoms with Crippen LogP contribution in [0, 0.1) is 12.7 Å². The molecule has 0 aliphatic carbocycles. The summed E-state index contributed by atoms with van der Waals surface area (Å²) in [6.07, 6.45) is 0.431. The number of alkyl carbamates (subject to hydrolysis) is 1. The van der Waals surface area contributed by atoms with Crippen LogP contribution in [0.3, 0.4) is 0 Å². The van der Waals surface area contributed by atoms with Crippen molar-refractivity contribution in [2.24, 2.45) is 0 Å². The second-order valence-corrected chi connectivity index (χ2v) is 6.70. The van der Waals surface area contributed by atoms with Crippen molar-refractivity contribution in [1.82, 2.24) is 29.6 Å². The molecule has 0 saturated heterocycles. The molecule has 0 aliphatic heterocycles. The fraction of sp³-hybridized carbons (Fsp3) is 0.562. The molecular formula is C16H24FN7O3. The van der Waals surface area contributed by atoms with E-state index in [1.54, 1.807) is 34.6 Å². The summed E-state index contributed by atoms with van der Waals surface area (Å²) in [5.41, 5.74) is -1.06. The lowest BCUT2D eigenvalue weighted by atomic mass is 10.2. The molecule has 0 aliphatic rings. The van der Waals surface area contributed by atoms with Crippen molar-refractivity contribution in [3.8, 4) is 5.82 Å². The normalized spacial score (nSPS) is 11.3. The molecule has 2 rings (SSSR count). The fourth-order valence-corrected chi connectivity index (χ4v) is 2.22.